The van der Waals surface area contributed by atoms with Crippen LogP contribution in [0.1, 0.15) is 17.4 Å². The molecule has 0 aliphatic carbocycles. The first-order chi connectivity index (χ1) is 15.6. The molecule has 1 saturated heterocycles. The van der Waals surface area contributed by atoms with Gasteiger partial charge in [0.2, 0.25) is 0 Å². The monoisotopic (exact) mass is 433 g/mol. The number of rotatable bonds is 4. The summed E-state index contributed by atoms with van der Waals surface area (Å²) in [5.41, 5.74) is 0.688. The maximum Gasteiger partial charge on any atom is 0.300 e. The largest absolute Gasteiger partial charge is 0.507 e. The Kier molecular flexibility index (Phi) is 4.82. The highest BCUT2D eigenvalue weighted by molar-refractivity contribution is 6.51. The number of ether oxygens (including phenoxy) is 3. The highest BCUT2D eigenvalue weighted by Crippen LogP contribution is 2.43. The molecule has 5 rings (SSSR count). The minimum absolute atomic E-state index is 0.0792. The average Bonchev–Trinajstić information content (AvgIpc) is 3.45. The van der Waals surface area contributed by atoms with Gasteiger partial charge in [-0.05, 0) is 42.5 Å². The number of benzene rings is 2. The zero-order valence-electron chi connectivity index (χ0n) is 17.1. The molecule has 1 fully saturated rings. The number of carbonyl (C=O) groups excluding carboxylic acids is 2. The Labute approximate surface area is 183 Å². The van der Waals surface area contributed by atoms with E-state index in [1.807, 2.05) is 0 Å². The first-order valence-corrected chi connectivity index (χ1v) is 9.97. The zero-order chi connectivity index (χ0) is 22.2. The van der Waals surface area contributed by atoms with Gasteiger partial charge in [-0.3, -0.25) is 14.5 Å². The van der Waals surface area contributed by atoms with Crippen molar-refractivity contribution in [3.05, 3.63) is 77.8 Å². The molecule has 8 heteroatoms. The third-order valence-electron chi connectivity index (χ3n) is 5.40. The summed E-state index contributed by atoms with van der Waals surface area (Å²) in [7, 11) is 1.51. The van der Waals surface area contributed by atoms with E-state index in [-0.39, 0.29) is 11.3 Å². The van der Waals surface area contributed by atoms with Crippen molar-refractivity contribution in [1.82, 2.24) is 0 Å². The van der Waals surface area contributed by atoms with E-state index in [1.54, 1.807) is 54.6 Å². The molecule has 8 nitrogen and oxygen atoms in total. The predicted molar refractivity (Wildman–Crippen MR) is 114 cm³/mol. The van der Waals surface area contributed by atoms with Crippen LogP contribution < -0.4 is 19.1 Å². The summed E-state index contributed by atoms with van der Waals surface area (Å²) in [5, 5.41) is 11.2. The van der Waals surface area contributed by atoms with Gasteiger partial charge < -0.3 is 23.7 Å². The number of Topliss-reactive ketones (excluding diaryl/α,β-unsaturated/α-hetero) is 1. The summed E-state index contributed by atoms with van der Waals surface area (Å²) in [6, 6.07) is 14.0. The highest BCUT2D eigenvalue weighted by atomic mass is 16.6. The van der Waals surface area contributed by atoms with E-state index in [1.165, 1.54) is 18.3 Å². The van der Waals surface area contributed by atoms with E-state index in [0.29, 0.717) is 47.5 Å². The second-order valence-corrected chi connectivity index (χ2v) is 7.24. The molecule has 1 atom stereocenters. The predicted octanol–water partition coefficient (Wildman–Crippen LogP) is 3.69. The Morgan fingerprint density at radius 3 is 2.59 bits per heavy atom. The first kappa shape index (κ1) is 19.7. The third-order valence-corrected chi connectivity index (χ3v) is 5.40. The van der Waals surface area contributed by atoms with Crippen LogP contribution in [-0.2, 0) is 9.59 Å². The lowest BCUT2D eigenvalue weighted by Gasteiger charge is -2.24. The lowest BCUT2D eigenvalue weighted by atomic mass is 9.99. The normalized spacial score (nSPS) is 19.3. The number of anilines is 1. The van der Waals surface area contributed by atoms with Crippen molar-refractivity contribution in [1.29, 1.82) is 0 Å². The van der Waals surface area contributed by atoms with Crippen LogP contribution in [0.2, 0.25) is 0 Å². The Morgan fingerprint density at radius 1 is 1.03 bits per heavy atom. The molecule has 0 bridgehead atoms. The number of carbonyl (C=O) groups is 2. The first-order valence-electron chi connectivity index (χ1n) is 9.97. The fraction of sp³-hybridized carbons (Fsp3) is 0.167. The van der Waals surface area contributed by atoms with Crippen molar-refractivity contribution in [2.24, 2.45) is 0 Å². The van der Waals surface area contributed by atoms with Crippen LogP contribution in [0, 0.1) is 0 Å². The molecule has 0 radical (unpaired) electrons. The number of amides is 1. The number of nitrogens with zero attached hydrogens (tertiary/aromatic N) is 1. The molecular weight excluding hydrogens is 414 g/mol. The minimum atomic E-state index is -0.953. The van der Waals surface area contributed by atoms with Crippen molar-refractivity contribution in [3.63, 3.8) is 0 Å². The molecule has 1 aromatic heterocycles. The summed E-state index contributed by atoms with van der Waals surface area (Å²) < 4.78 is 21.9. The van der Waals surface area contributed by atoms with Gasteiger partial charge in [0.1, 0.15) is 36.5 Å². The average molecular weight is 433 g/mol. The molecule has 2 aromatic carbocycles. The van der Waals surface area contributed by atoms with E-state index in [0.717, 1.165) is 0 Å². The van der Waals surface area contributed by atoms with Crippen LogP contribution in [0.25, 0.3) is 5.76 Å². The van der Waals surface area contributed by atoms with E-state index in [2.05, 4.69) is 0 Å². The van der Waals surface area contributed by atoms with Crippen molar-refractivity contribution in [2.45, 2.75) is 6.04 Å². The second kappa shape index (κ2) is 7.81. The number of aliphatic hydroxyl groups is 1. The quantitative estimate of drug-likeness (QED) is 0.381. The Balaban J connectivity index is 1.67. The van der Waals surface area contributed by atoms with Crippen LogP contribution in [0.3, 0.4) is 0 Å². The van der Waals surface area contributed by atoms with Gasteiger partial charge in [-0.25, -0.2) is 0 Å². The molecule has 32 heavy (non-hydrogen) atoms. The smallest absolute Gasteiger partial charge is 0.300 e. The summed E-state index contributed by atoms with van der Waals surface area (Å²) in [5.74, 6) is -0.0582. The molecule has 1 N–H and O–H groups in total. The molecule has 2 aliphatic rings. The van der Waals surface area contributed by atoms with Crippen molar-refractivity contribution in [2.75, 3.05) is 25.2 Å². The van der Waals surface area contributed by atoms with Crippen molar-refractivity contribution < 1.29 is 33.3 Å². The standard InChI is InChI=1S/C24H19NO7/c1-29-16-5-2-4-15(13-16)25-21(18-6-3-9-30-18)20(23(27)24(25)28)22(26)14-7-8-17-19(12-14)32-11-10-31-17/h2-9,12-13,21,26H,10-11H2,1H3/b22-20-. The minimum Gasteiger partial charge on any atom is -0.507 e. The molecule has 2 aliphatic heterocycles. The van der Waals surface area contributed by atoms with E-state index >= 15 is 0 Å². The van der Waals surface area contributed by atoms with Crippen molar-refractivity contribution in [3.8, 4) is 17.2 Å². The van der Waals surface area contributed by atoms with Gasteiger partial charge >= 0.3 is 0 Å². The second-order valence-electron chi connectivity index (χ2n) is 7.24. The lowest BCUT2D eigenvalue weighted by molar-refractivity contribution is -0.132. The summed E-state index contributed by atoms with van der Waals surface area (Å²) in [6.07, 6.45) is 1.45. The molecule has 3 aromatic rings. The number of aliphatic hydroxyl groups excluding tert-OH is 1. The summed E-state index contributed by atoms with van der Waals surface area (Å²) in [6.45, 7) is 0.812. The van der Waals surface area contributed by atoms with Gasteiger partial charge in [-0.15, -0.1) is 0 Å². The van der Waals surface area contributed by atoms with Gasteiger partial charge in [0.15, 0.2) is 11.5 Å². The Hall–Kier alpha value is -4.20. The molecule has 0 spiro atoms. The number of hydrogen-bond acceptors (Lipinski definition) is 7. The molecule has 162 valence electrons. The Bertz CT molecular complexity index is 1230. The zero-order valence-corrected chi connectivity index (χ0v) is 17.1. The number of furan rings is 1. The number of hydrogen-bond donors (Lipinski definition) is 1. The molecular formula is C24H19NO7. The topological polar surface area (TPSA) is 98.4 Å². The third kappa shape index (κ3) is 3.17. The number of methoxy groups -OCH3 is 1. The van der Waals surface area contributed by atoms with Crippen LogP contribution >= 0.6 is 0 Å². The van der Waals surface area contributed by atoms with E-state index < -0.39 is 17.7 Å². The molecule has 0 saturated carbocycles. The fourth-order valence-electron chi connectivity index (χ4n) is 3.92. The number of ketones is 1. The van der Waals surface area contributed by atoms with E-state index in [4.69, 9.17) is 18.6 Å². The van der Waals surface area contributed by atoms with Gasteiger partial charge in [0.05, 0.1) is 18.9 Å². The van der Waals surface area contributed by atoms with Crippen LogP contribution in [0.15, 0.2) is 70.9 Å². The molecule has 3 heterocycles. The molecule has 1 unspecified atom stereocenters. The van der Waals surface area contributed by atoms with Gasteiger partial charge in [-0.1, -0.05) is 6.07 Å². The molecule has 1 amide bonds. The van der Waals surface area contributed by atoms with Crippen molar-refractivity contribution >= 4 is 23.1 Å². The Morgan fingerprint density at radius 2 is 1.84 bits per heavy atom. The van der Waals surface area contributed by atoms with Crippen LogP contribution in [0.4, 0.5) is 5.69 Å². The maximum absolute atomic E-state index is 13.1. The van der Waals surface area contributed by atoms with Crippen LogP contribution in [0.5, 0.6) is 17.2 Å². The number of fused-ring (bicyclic) bond motifs is 1. The lowest BCUT2D eigenvalue weighted by Crippen LogP contribution is -2.29. The van der Waals surface area contributed by atoms with Gasteiger partial charge in [0.25, 0.3) is 11.7 Å². The SMILES string of the molecule is COc1cccc(N2C(=O)C(=O)/C(=C(\O)c3ccc4c(c3)OCCO4)C2c2ccco2)c1. The van der Waals surface area contributed by atoms with Gasteiger partial charge in [0, 0.05) is 17.3 Å². The van der Waals surface area contributed by atoms with E-state index in [9.17, 15) is 14.7 Å². The highest BCUT2D eigenvalue weighted by Gasteiger charge is 2.48. The maximum atomic E-state index is 13.1. The van der Waals surface area contributed by atoms with Gasteiger partial charge in [-0.2, -0.15) is 0 Å². The fourth-order valence-corrected chi connectivity index (χ4v) is 3.92. The summed E-state index contributed by atoms with van der Waals surface area (Å²) >= 11 is 0. The summed E-state index contributed by atoms with van der Waals surface area (Å²) in [4.78, 5) is 27.5. The van der Waals surface area contributed by atoms with Crippen LogP contribution in [-0.4, -0.2) is 37.1 Å².